The highest BCUT2D eigenvalue weighted by molar-refractivity contribution is 7.90. The first kappa shape index (κ1) is 27.5. The largest absolute Gasteiger partial charge is 0.446 e. The van der Waals surface area contributed by atoms with Crippen molar-refractivity contribution in [2.24, 2.45) is 7.05 Å². The van der Waals surface area contributed by atoms with Crippen LogP contribution >= 0.6 is 0 Å². The third kappa shape index (κ3) is 5.89. The molecule has 0 spiro atoms. The van der Waals surface area contributed by atoms with Crippen LogP contribution in [0.4, 0.5) is 10.5 Å². The molecular weight excluding hydrogens is 526 g/mol. The maximum Gasteiger partial charge on any atom is 0.411 e. The topological polar surface area (TPSA) is 107 Å². The Labute approximate surface area is 234 Å². The second kappa shape index (κ2) is 11.2. The number of anilines is 1. The molecule has 4 aromatic rings. The number of sulfonamides is 1. The summed E-state index contributed by atoms with van der Waals surface area (Å²) in [7, 11) is -2.02. The lowest BCUT2D eigenvalue weighted by molar-refractivity contribution is 0.0981. The van der Waals surface area contributed by atoms with Crippen LogP contribution in [0.15, 0.2) is 71.8 Å². The molecule has 0 radical (unpaired) electrons. The van der Waals surface area contributed by atoms with Gasteiger partial charge in [-0.2, -0.15) is 0 Å². The van der Waals surface area contributed by atoms with Crippen molar-refractivity contribution in [3.05, 3.63) is 94.7 Å². The number of fused-ring (bicyclic) bond motifs is 1. The quantitative estimate of drug-likeness (QED) is 0.289. The van der Waals surface area contributed by atoms with Gasteiger partial charge >= 0.3 is 6.09 Å². The van der Waals surface area contributed by atoms with Gasteiger partial charge in [0.2, 0.25) is 0 Å². The van der Waals surface area contributed by atoms with E-state index >= 15 is 0 Å². The predicted octanol–water partition coefficient (Wildman–Crippen LogP) is 6.00. The minimum Gasteiger partial charge on any atom is -0.446 e. The Bertz CT molecular complexity index is 1700. The molecule has 1 heterocycles. The molecular formula is C31H33N3O5S. The van der Waals surface area contributed by atoms with E-state index < -0.39 is 22.0 Å². The zero-order chi connectivity index (χ0) is 28.4. The summed E-state index contributed by atoms with van der Waals surface area (Å²) >= 11 is 0. The number of carbonyl (C=O) groups excluding carboxylic acids is 2. The van der Waals surface area contributed by atoms with Gasteiger partial charge in [-0.1, -0.05) is 24.3 Å². The molecule has 2 amide bonds. The number of nitrogens with one attached hydrogen (secondary N) is 2. The number of hydrogen-bond donors (Lipinski definition) is 2. The fraction of sp³-hybridized carbons (Fsp3) is 0.290. The van der Waals surface area contributed by atoms with Gasteiger partial charge in [-0.25, -0.2) is 17.9 Å². The fourth-order valence-corrected chi connectivity index (χ4v) is 6.55. The van der Waals surface area contributed by atoms with Gasteiger partial charge in [-0.3, -0.25) is 10.1 Å². The van der Waals surface area contributed by atoms with Gasteiger partial charge in [0.1, 0.15) is 6.10 Å². The molecule has 0 saturated heterocycles. The molecule has 0 atom stereocenters. The van der Waals surface area contributed by atoms with E-state index in [1.54, 1.807) is 37.3 Å². The summed E-state index contributed by atoms with van der Waals surface area (Å²) in [5.74, 6) is -0.678. The first-order chi connectivity index (χ1) is 19.1. The Kier molecular flexibility index (Phi) is 7.67. The summed E-state index contributed by atoms with van der Waals surface area (Å²) < 4.78 is 35.3. The number of hydrogen-bond acceptors (Lipinski definition) is 5. The normalized spacial score (nSPS) is 13.9. The Morgan fingerprint density at radius 1 is 0.950 bits per heavy atom. The van der Waals surface area contributed by atoms with Gasteiger partial charge in [0, 0.05) is 35.4 Å². The van der Waals surface area contributed by atoms with E-state index in [0.29, 0.717) is 17.7 Å². The van der Waals surface area contributed by atoms with Gasteiger partial charge < -0.3 is 9.30 Å². The van der Waals surface area contributed by atoms with Crippen molar-refractivity contribution in [1.82, 2.24) is 9.29 Å². The van der Waals surface area contributed by atoms with E-state index in [1.807, 2.05) is 42.8 Å². The van der Waals surface area contributed by atoms with Crippen LogP contribution in [-0.2, 0) is 28.2 Å². The number of ether oxygens (including phenoxy) is 1. The molecule has 1 aliphatic rings. The molecule has 8 nitrogen and oxygen atoms in total. The average molecular weight is 560 g/mol. The smallest absolute Gasteiger partial charge is 0.411 e. The van der Waals surface area contributed by atoms with E-state index in [-0.39, 0.29) is 16.6 Å². The first-order valence-corrected chi connectivity index (χ1v) is 14.9. The summed E-state index contributed by atoms with van der Waals surface area (Å²) in [5.41, 5.74) is 5.46. The van der Waals surface area contributed by atoms with Crippen molar-refractivity contribution in [3.63, 3.8) is 0 Å². The molecule has 3 aromatic carbocycles. The van der Waals surface area contributed by atoms with Crippen LogP contribution in [0.25, 0.3) is 10.9 Å². The van der Waals surface area contributed by atoms with Gasteiger partial charge in [-0.15, -0.1) is 0 Å². The summed E-state index contributed by atoms with van der Waals surface area (Å²) in [6.45, 7) is 3.59. The fourth-order valence-electron chi connectivity index (χ4n) is 5.33. The van der Waals surface area contributed by atoms with Gasteiger partial charge in [0.15, 0.2) is 0 Å². The van der Waals surface area contributed by atoms with Crippen molar-refractivity contribution >= 4 is 38.6 Å². The van der Waals surface area contributed by atoms with Crippen LogP contribution in [0, 0.1) is 13.8 Å². The number of aryl methyl sites for hydroxylation is 3. The number of amides is 2. The Hall–Kier alpha value is -4.11. The highest BCUT2D eigenvalue weighted by Gasteiger charge is 2.22. The molecule has 40 heavy (non-hydrogen) atoms. The molecule has 0 bridgehead atoms. The lowest BCUT2D eigenvalue weighted by Gasteiger charge is -2.13. The van der Waals surface area contributed by atoms with Crippen molar-refractivity contribution in [1.29, 1.82) is 0 Å². The Balaban J connectivity index is 1.32. The average Bonchev–Trinajstić information content (AvgIpc) is 3.52. The zero-order valence-corrected chi connectivity index (χ0v) is 23.7. The third-order valence-corrected chi connectivity index (χ3v) is 8.98. The molecule has 1 fully saturated rings. The minimum atomic E-state index is -3.99. The first-order valence-electron chi connectivity index (χ1n) is 13.4. The van der Waals surface area contributed by atoms with Crippen molar-refractivity contribution in [2.75, 3.05) is 5.32 Å². The lowest BCUT2D eigenvalue weighted by atomic mass is 9.98. The third-order valence-electron chi connectivity index (χ3n) is 7.49. The van der Waals surface area contributed by atoms with Crippen LogP contribution in [-0.4, -0.2) is 31.1 Å². The predicted molar refractivity (Wildman–Crippen MR) is 155 cm³/mol. The van der Waals surface area contributed by atoms with E-state index in [2.05, 4.69) is 16.2 Å². The maximum absolute atomic E-state index is 12.8. The van der Waals surface area contributed by atoms with E-state index in [9.17, 15) is 18.0 Å². The van der Waals surface area contributed by atoms with Gasteiger partial charge in [0.25, 0.3) is 15.9 Å². The van der Waals surface area contributed by atoms with Crippen LogP contribution < -0.4 is 10.0 Å². The lowest BCUT2D eigenvalue weighted by Crippen LogP contribution is -2.31. The minimum absolute atomic E-state index is 0.00777. The molecule has 1 aliphatic carbocycles. The van der Waals surface area contributed by atoms with E-state index in [0.717, 1.165) is 53.3 Å². The molecule has 5 rings (SSSR count). The summed E-state index contributed by atoms with van der Waals surface area (Å²) in [6.07, 6.45) is 6.23. The highest BCUT2D eigenvalue weighted by atomic mass is 32.2. The van der Waals surface area contributed by atoms with E-state index in [1.165, 1.54) is 6.07 Å². The van der Waals surface area contributed by atoms with Gasteiger partial charge in [-0.05, 0) is 105 Å². The molecule has 208 valence electrons. The van der Waals surface area contributed by atoms with Crippen LogP contribution in [0.1, 0.15) is 58.3 Å². The summed E-state index contributed by atoms with van der Waals surface area (Å²) in [5, 5.41) is 3.87. The summed E-state index contributed by atoms with van der Waals surface area (Å²) in [4.78, 5) is 25.3. The van der Waals surface area contributed by atoms with Crippen molar-refractivity contribution < 1.29 is 22.7 Å². The standard InChI is InChI=1S/C31H33N3O5S/c1-20-8-4-7-11-29(20)40(37,38)33-30(35)23-13-12-22(21(2)16-23)17-24-19-34(3)28-15-14-25(18-27(24)28)32-31(36)39-26-9-5-6-10-26/h4,7-8,11-16,18-19,26H,5-6,9-10,17H2,1-3H3,(H,32,36)(H,33,35). The SMILES string of the molecule is Cc1cc(C(=O)NS(=O)(=O)c2ccccc2C)ccc1Cc1cn(C)c2ccc(NC(=O)OC3CCCC3)cc12. The molecule has 0 aliphatic heterocycles. The molecule has 1 saturated carbocycles. The summed E-state index contributed by atoms with van der Waals surface area (Å²) in [6, 6.07) is 17.5. The zero-order valence-electron chi connectivity index (χ0n) is 22.9. The van der Waals surface area contributed by atoms with Crippen LogP contribution in [0.3, 0.4) is 0 Å². The number of rotatable bonds is 7. The van der Waals surface area contributed by atoms with E-state index in [4.69, 9.17) is 4.74 Å². The number of benzene rings is 3. The second-order valence-electron chi connectivity index (χ2n) is 10.5. The molecule has 2 N–H and O–H groups in total. The number of aromatic nitrogens is 1. The molecule has 1 aromatic heterocycles. The molecule has 0 unspecified atom stereocenters. The monoisotopic (exact) mass is 559 g/mol. The number of carbonyl (C=O) groups is 2. The highest BCUT2D eigenvalue weighted by Crippen LogP contribution is 2.28. The maximum atomic E-state index is 12.8. The van der Waals surface area contributed by atoms with Crippen molar-refractivity contribution in [3.8, 4) is 0 Å². The van der Waals surface area contributed by atoms with Gasteiger partial charge in [0.05, 0.1) is 4.90 Å². The van der Waals surface area contributed by atoms with Crippen LogP contribution in [0.5, 0.6) is 0 Å². The Morgan fingerprint density at radius 2 is 1.70 bits per heavy atom. The molecule has 9 heteroatoms. The number of nitrogens with zero attached hydrogens (tertiary/aromatic N) is 1. The Morgan fingerprint density at radius 3 is 2.42 bits per heavy atom. The second-order valence-corrected chi connectivity index (χ2v) is 12.1. The van der Waals surface area contributed by atoms with Crippen molar-refractivity contribution in [2.45, 2.75) is 57.0 Å². The van der Waals surface area contributed by atoms with Crippen LogP contribution in [0.2, 0.25) is 0 Å².